The smallest absolute Gasteiger partial charge is 0.0653 e. The second-order valence-electron chi connectivity index (χ2n) is 4.31. The fourth-order valence-electron chi connectivity index (χ4n) is 1.34. The highest BCUT2D eigenvalue weighted by molar-refractivity contribution is 5.00. The van der Waals surface area contributed by atoms with Crippen LogP contribution in [0.15, 0.2) is 0 Å². The van der Waals surface area contributed by atoms with Gasteiger partial charge in [0.15, 0.2) is 0 Å². The normalized spacial score (nSPS) is 39.3. The van der Waals surface area contributed by atoms with Crippen LogP contribution >= 0.6 is 0 Å². The molecule has 0 aromatic rings. The van der Waals surface area contributed by atoms with Crippen molar-refractivity contribution in [2.24, 2.45) is 11.8 Å². The summed E-state index contributed by atoms with van der Waals surface area (Å²) in [5.74, 6) is 0.645. The predicted molar refractivity (Wildman–Crippen MR) is 44.2 cm³/mol. The van der Waals surface area contributed by atoms with Gasteiger partial charge in [-0.15, -0.1) is 0 Å². The van der Waals surface area contributed by atoms with Gasteiger partial charge in [0.05, 0.1) is 11.7 Å². The molecule has 3 unspecified atom stereocenters. The third kappa shape index (κ3) is 2.17. The fourth-order valence-corrected chi connectivity index (χ4v) is 1.34. The van der Waals surface area contributed by atoms with Gasteiger partial charge in [-0.1, -0.05) is 13.8 Å². The van der Waals surface area contributed by atoms with Gasteiger partial charge in [-0.3, -0.25) is 0 Å². The monoisotopic (exact) mass is 158 g/mol. The molecule has 0 radical (unpaired) electrons. The molecule has 11 heavy (non-hydrogen) atoms. The first-order valence-electron chi connectivity index (χ1n) is 4.34. The van der Waals surface area contributed by atoms with E-state index in [2.05, 4.69) is 0 Å². The van der Waals surface area contributed by atoms with Crippen molar-refractivity contribution in [1.29, 1.82) is 0 Å². The van der Waals surface area contributed by atoms with Gasteiger partial charge in [0.1, 0.15) is 0 Å². The van der Waals surface area contributed by atoms with E-state index in [-0.39, 0.29) is 6.10 Å². The molecule has 2 nitrogen and oxygen atoms in total. The average molecular weight is 158 g/mol. The second-order valence-corrected chi connectivity index (χ2v) is 4.31. The van der Waals surface area contributed by atoms with E-state index >= 15 is 0 Å². The Bertz CT molecular complexity index is 140. The highest BCUT2D eigenvalue weighted by Crippen LogP contribution is 2.46. The Kier molecular flexibility index (Phi) is 2.26. The van der Waals surface area contributed by atoms with Gasteiger partial charge in [0.2, 0.25) is 0 Å². The van der Waals surface area contributed by atoms with E-state index in [0.717, 1.165) is 12.8 Å². The summed E-state index contributed by atoms with van der Waals surface area (Å²) in [6.45, 7) is 5.84. The fraction of sp³-hybridized carbons (Fsp3) is 1.00. The third-order valence-corrected chi connectivity index (χ3v) is 2.67. The minimum atomic E-state index is -0.476. The van der Waals surface area contributed by atoms with Crippen molar-refractivity contribution in [1.82, 2.24) is 0 Å². The van der Waals surface area contributed by atoms with Crippen LogP contribution in [0.2, 0.25) is 0 Å². The molecule has 0 aliphatic heterocycles. The van der Waals surface area contributed by atoms with Gasteiger partial charge >= 0.3 is 0 Å². The zero-order valence-electron chi connectivity index (χ0n) is 7.54. The zero-order chi connectivity index (χ0) is 8.65. The summed E-state index contributed by atoms with van der Waals surface area (Å²) in [6, 6.07) is 0. The first-order valence-corrected chi connectivity index (χ1v) is 4.34. The SMILES string of the molecule is CC(C)C(O)CC1CC1(C)O. The molecular weight excluding hydrogens is 140 g/mol. The highest BCUT2D eigenvalue weighted by Gasteiger charge is 2.48. The summed E-state index contributed by atoms with van der Waals surface area (Å²) in [5.41, 5.74) is -0.476. The predicted octanol–water partition coefficient (Wildman–Crippen LogP) is 1.16. The van der Waals surface area contributed by atoms with E-state index in [1.54, 1.807) is 0 Å². The minimum Gasteiger partial charge on any atom is -0.393 e. The Morgan fingerprint density at radius 3 is 2.27 bits per heavy atom. The van der Waals surface area contributed by atoms with Crippen LogP contribution in [0.4, 0.5) is 0 Å². The van der Waals surface area contributed by atoms with E-state index in [0.29, 0.717) is 11.8 Å². The van der Waals surface area contributed by atoms with Crippen LogP contribution in [-0.4, -0.2) is 21.9 Å². The maximum absolute atomic E-state index is 9.46. The maximum atomic E-state index is 9.46. The maximum Gasteiger partial charge on any atom is 0.0653 e. The zero-order valence-corrected chi connectivity index (χ0v) is 7.54. The quantitative estimate of drug-likeness (QED) is 0.647. The lowest BCUT2D eigenvalue weighted by atomic mass is 10.0. The number of aliphatic hydroxyl groups is 2. The van der Waals surface area contributed by atoms with Crippen molar-refractivity contribution in [3.8, 4) is 0 Å². The third-order valence-electron chi connectivity index (χ3n) is 2.67. The topological polar surface area (TPSA) is 40.5 Å². The summed E-state index contributed by atoms with van der Waals surface area (Å²) in [6.07, 6.45) is 1.37. The lowest BCUT2D eigenvalue weighted by Crippen LogP contribution is -2.17. The Balaban J connectivity index is 2.23. The molecule has 1 rings (SSSR count). The van der Waals surface area contributed by atoms with E-state index < -0.39 is 5.60 Å². The Labute approximate surface area is 68.2 Å². The summed E-state index contributed by atoms with van der Waals surface area (Å²) < 4.78 is 0. The van der Waals surface area contributed by atoms with Gasteiger partial charge in [-0.2, -0.15) is 0 Å². The van der Waals surface area contributed by atoms with Crippen molar-refractivity contribution in [2.75, 3.05) is 0 Å². The van der Waals surface area contributed by atoms with Gasteiger partial charge in [-0.05, 0) is 31.6 Å². The number of hydrogen-bond acceptors (Lipinski definition) is 2. The van der Waals surface area contributed by atoms with Crippen molar-refractivity contribution < 1.29 is 10.2 Å². The number of hydrogen-bond donors (Lipinski definition) is 2. The minimum absolute atomic E-state index is 0.242. The van der Waals surface area contributed by atoms with Crippen molar-refractivity contribution in [2.45, 2.75) is 45.3 Å². The van der Waals surface area contributed by atoms with Crippen LogP contribution in [0.25, 0.3) is 0 Å². The first kappa shape index (κ1) is 9.01. The van der Waals surface area contributed by atoms with Crippen LogP contribution < -0.4 is 0 Å². The molecule has 0 bridgehead atoms. The average Bonchev–Trinajstić information content (AvgIpc) is 2.39. The van der Waals surface area contributed by atoms with Crippen molar-refractivity contribution >= 4 is 0 Å². The lowest BCUT2D eigenvalue weighted by Gasteiger charge is -2.14. The molecule has 0 heterocycles. The molecule has 0 spiro atoms. The summed E-state index contributed by atoms with van der Waals surface area (Å²) >= 11 is 0. The number of aliphatic hydroxyl groups excluding tert-OH is 1. The first-order chi connectivity index (χ1) is 4.93. The van der Waals surface area contributed by atoms with E-state index in [9.17, 15) is 10.2 Å². The molecular formula is C9H18O2. The number of rotatable bonds is 3. The van der Waals surface area contributed by atoms with Gasteiger partial charge in [-0.25, -0.2) is 0 Å². The van der Waals surface area contributed by atoms with Crippen LogP contribution in [0, 0.1) is 11.8 Å². The molecule has 0 aromatic heterocycles. The Hall–Kier alpha value is -0.0800. The van der Waals surface area contributed by atoms with Gasteiger partial charge in [0.25, 0.3) is 0 Å². The summed E-state index contributed by atoms with van der Waals surface area (Å²) in [5, 5.41) is 18.9. The molecule has 66 valence electrons. The van der Waals surface area contributed by atoms with Crippen LogP contribution in [0.3, 0.4) is 0 Å². The van der Waals surface area contributed by atoms with Crippen LogP contribution in [0.1, 0.15) is 33.6 Å². The van der Waals surface area contributed by atoms with Crippen molar-refractivity contribution in [3.63, 3.8) is 0 Å². The molecule has 0 amide bonds. The molecule has 2 N–H and O–H groups in total. The molecule has 1 saturated carbocycles. The Morgan fingerprint density at radius 1 is 1.55 bits per heavy atom. The van der Waals surface area contributed by atoms with E-state index in [1.807, 2.05) is 20.8 Å². The molecule has 0 aromatic carbocycles. The van der Waals surface area contributed by atoms with Crippen LogP contribution in [0.5, 0.6) is 0 Å². The molecule has 1 aliphatic rings. The largest absolute Gasteiger partial charge is 0.393 e. The molecule has 3 atom stereocenters. The van der Waals surface area contributed by atoms with E-state index in [4.69, 9.17) is 0 Å². The van der Waals surface area contributed by atoms with Crippen molar-refractivity contribution in [3.05, 3.63) is 0 Å². The standard InChI is InChI=1S/C9H18O2/c1-6(2)8(10)4-7-5-9(7,3)11/h6-8,10-11H,4-5H2,1-3H3. The van der Waals surface area contributed by atoms with Crippen LogP contribution in [-0.2, 0) is 0 Å². The van der Waals surface area contributed by atoms with E-state index in [1.165, 1.54) is 0 Å². The molecule has 1 fully saturated rings. The van der Waals surface area contributed by atoms with Gasteiger partial charge in [0, 0.05) is 0 Å². The van der Waals surface area contributed by atoms with Gasteiger partial charge < -0.3 is 10.2 Å². The molecule has 0 saturated heterocycles. The summed E-state index contributed by atoms with van der Waals surface area (Å²) in [4.78, 5) is 0. The Morgan fingerprint density at radius 2 is 2.00 bits per heavy atom. The second kappa shape index (κ2) is 2.76. The molecule has 2 heteroatoms. The molecule has 1 aliphatic carbocycles. The summed E-state index contributed by atoms with van der Waals surface area (Å²) in [7, 11) is 0. The lowest BCUT2D eigenvalue weighted by molar-refractivity contribution is 0.0861. The highest BCUT2D eigenvalue weighted by atomic mass is 16.3.